The van der Waals surface area contributed by atoms with Gasteiger partial charge in [-0.05, 0) is 66.1 Å². The lowest BCUT2D eigenvalue weighted by molar-refractivity contribution is -0.111. The van der Waals surface area contributed by atoms with Gasteiger partial charge in [-0.1, -0.05) is 61.3 Å². The third-order valence-electron chi connectivity index (χ3n) is 6.34. The highest BCUT2D eigenvalue weighted by atomic mass is 35.5. The second-order valence-electron chi connectivity index (χ2n) is 8.88. The molecule has 0 radical (unpaired) electrons. The van der Waals surface area contributed by atoms with Crippen molar-refractivity contribution in [1.82, 2.24) is 0 Å². The number of amides is 1. The predicted molar refractivity (Wildman–Crippen MR) is 150 cm³/mol. The van der Waals surface area contributed by atoms with Crippen LogP contribution in [0.4, 0.5) is 17.1 Å². The highest BCUT2D eigenvalue weighted by Gasteiger charge is 2.35. The first kappa shape index (κ1) is 25.0. The smallest absolute Gasteiger partial charge is 0.335 e. The van der Waals surface area contributed by atoms with Crippen molar-refractivity contribution in [3.8, 4) is 16.9 Å². The zero-order valence-corrected chi connectivity index (χ0v) is 21.2. The average Bonchev–Trinajstić information content (AvgIpc) is 3.19. The van der Waals surface area contributed by atoms with E-state index in [0.29, 0.717) is 33.1 Å². The molecule has 0 unspecified atom stereocenters. The fourth-order valence-electron chi connectivity index (χ4n) is 4.49. The summed E-state index contributed by atoms with van der Waals surface area (Å²) in [6.45, 7) is 2.12. The van der Waals surface area contributed by atoms with Crippen molar-refractivity contribution in [2.24, 2.45) is 5.10 Å². The number of nitrogens with one attached hydrogen (secondary N) is 1. The molecule has 1 aliphatic rings. The van der Waals surface area contributed by atoms with Gasteiger partial charge in [0.05, 0.1) is 16.9 Å². The molecule has 5 rings (SSSR count). The van der Waals surface area contributed by atoms with E-state index in [2.05, 4.69) is 17.5 Å². The molecule has 1 heterocycles. The number of carbonyl (C=O) groups is 2. The lowest BCUT2D eigenvalue weighted by Gasteiger charge is -2.17. The van der Waals surface area contributed by atoms with Crippen LogP contribution in [-0.2, 0) is 11.2 Å². The number of fused-ring (bicyclic) bond motifs is 1. The molecule has 190 valence electrons. The quantitative estimate of drug-likeness (QED) is 0.181. The highest BCUT2D eigenvalue weighted by Crippen LogP contribution is 2.39. The van der Waals surface area contributed by atoms with Crippen molar-refractivity contribution in [1.29, 1.82) is 0 Å². The van der Waals surface area contributed by atoms with Crippen LogP contribution in [-0.4, -0.2) is 27.8 Å². The van der Waals surface area contributed by atoms with Crippen LogP contribution < -0.4 is 10.3 Å². The van der Waals surface area contributed by atoms with Gasteiger partial charge in [0, 0.05) is 21.8 Å². The van der Waals surface area contributed by atoms with Gasteiger partial charge in [0.15, 0.2) is 5.71 Å². The minimum atomic E-state index is -1.06. The molecule has 0 atom stereocenters. The van der Waals surface area contributed by atoms with Crippen LogP contribution in [0.2, 0.25) is 5.02 Å². The van der Waals surface area contributed by atoms with Gasteiger partial charge in [0.25, 0.3) is 5.91 Å². The number of aromatic carboxylic acids is 1. The summed E-state index contributed by atoms with van der Waals surface area (Å²) < 4.78 is 0. The lowest BCUT2D eigenvalue weighted by Crippen LogP contribution is -2.26. The van der Waals surface area contributed by atoms with Gasteiger partial charge in [-0.3, -0.25) is 15.1 Å². The first-order valence-corrected chi connectivity index (χ1v) is 12.5. The predicted octanol–water partition coefficient (Wildman–Crippen LogP) is 6.86. The number of aryl methyl sites for hydroxylation is 1. The van der Waals surface area contributed by atoms with Gasteiger partial charge in [-0.2, -0.15) is 5.10 Å². The zero-order chi connectivity index (χ0) is 26.8. The number of carboxylic acids is 1. The molecule has 1 aliphatic heterocycles. The minimum Gasteiger partial charge on any atom is -0.505 e. The Labute approximate surface area is 224 Å². The summed E-state index contributed by atoms with van der Waals surface area (Å²) >= 11 is 6.26. The number of hydrogen-bond acceptors (Lipinski definition) is 5. The van der Waals surface area contributed by atoms with Crippen LogP contribution in [0.25, 0.3) is 11.1 Å². The first-order chi connectivity index (χ1) is 18.4. The van der Waals surface area contributed by atoms with E-state index in [1.165, 1.54) is 17.7 Å². The Balaban J connectivity index is 1.50. The molecule has 0 saturated heterocycles. The normalized spacial score (nSPS) is 13.6. The van der Waals surface area contributed by atoms with Crippen molar-refractivity contribution in [2.45, 2.75) is 19.8 Å². The van der Waals surface area contributed by atoms with Gasteiger partial charge >= 0.3 is 5.97 Å². The minimum absolute atomic E-state index is 0.105. The van der Waals surface area contributed by atoms with Crippen molar-refractivity contribution in [3.63, 3.8) is 0 Å². The van der Waals surface area contributed by atoms with Crippen molar-refractivity contribution in [2.75, 3.05) is 10.3 Å². The lowest BCUT2D eigenvalue weighted by atomic mass is 10.0. The second-order valence-corrected chi connectivity index (χ2v) is 9.31. The number of carbonyl (C=O) groups excluding carboxylic acids is 1. The number of hydrogen-bond donors (Lipinski definition) is 3. The van der Waals surface area contributed by atoms with E-state index in [1.54, 1.807) is 53.4 Å². The van der Waals surface area contributed by atoms with Crippen LogP contribution in [0.3, 0.4) is 0 Å². The first-order valence-electron chi connectivity index (χ1n) is 12.1. The number of aromatic hydroxyl groups is 1. The van der Waals surface area contributed by atoms with E-state index in [1.807, 2.05) is 24.3 Å². The average molecular weight is 526 g/mol. The molecule has 0 spiro atoms. The van der Waals surface area contributed by atoms with Crippen molar-refractivity contribution in [3.05, 3.63) is 107 Å². The van der Waals surface area contributed by atoms with Gasteiger partial charge in [0.2, 0.25) is 0 Å². The van der Waals surface area contributed by atoms with Gasteiger partial charge in [-0.15, -0.1) is 0 Å². The number of benzene rings is 4. The van der Waals surface area contributed by atoms with E-state index < -0.39 is 5.97 Å². The van der Waals surface area contributed by atoms with E-state index in [9.17, 15) is 19.8 Å². The monoisotopic (exact) mass is 525 g/mol. The SMILES string of the molecule is CCCc1ccc(N2C(=O)/C(=N\Nc3cccc(-c4cccc(C(=O)O)c4)c3O)c3cc(Cl)ccc32)cc1. The summed E-state index contributed by atoms with van der Waals surface area (Å²) in [5, 5.41) is 25.1. The third kappa shape index (κ3) is 4.71. The molecule has 0 bridgehead atoms. The number of nitrogens with zero attached hydrogens (tertiary/aromatic N) is 2. The molecule has 4 aromatic rings. The molecular weight excluding hydrogens is 502 g/mol. The van der Waals surface area contributed by atoms with Crippen LogP contribution in [0.15, 0.2) is 90.0 Å². The largest absolute Gasteiger partial charge is 0.505 e. The molecule has 4 aromatic carbocycles. The summed E-state index contributed by atoms with van der Waals surface area (Å²) in [5.41, 5.74) is 7.43. The molecule has 3 N–H and O–H groups in total. The standard InChI is InChI=1S/C30H24ClN3O4/c1-2-5-18-10-13-22(14-11-18)34-26-15-12-21(31)17-24(26)27(29(34)36)33-32-25-9-4-8-23(28(25)35)19-6-3-7-20(16-19)30(37)38/h3-4,6-17,32,35H,2,5H2,1H3,(H,37,38)/b33-27-. The number of anilines is 3. The Hall–Kier alpha value is -4.62. The summed E-state index contributed by atoms with van der Waals surface area (Å²) in [5.74, 6) is -1.52. The number of para-hydroxylation sites is 1. The number of carboxylic acid groups (broad SMARTS) is 1. The van der Waals surface area contributed by atoms with E-state index >= 15 is 0 Å². The van der Waals surface area contributed by atoms with E-state index in [4.69, 9.17) is 11.6 Å². The van der Waals surface area contributed by atoms with Gasteiger partial charge < -0.3 is 10.2 Å². The zero-order valence-electron chi connectivity index (χ0n) is 20.5. The third-order valence-corrected chi connectivity index (χ3v) is 6.57. The molecule has 0 fully saturated rings. The molecule has 0 aromatic heterocycles. The number of halogens is 1. The van der Waals surface area contributed by atoms with Gasteiger partial charge in [-0.25, -0.2) is 4.79 Å². The van der Waals surface area contributed by atoms with E-state index in [-0.39, 0.29) is 28.6 Å². The fraction of sp³-hybridized carbons (Fsp3) is 0.100. The number of rotatable bonds is 7. The summed E-state index contributed by atoms with van der Waals surface area (Å²) in [7, 11) is 0. The summed E-state index contributed by atoms with van der Waals surface area (Å²) in [4.78, 5) is 26.5. The van der Waals surface area contributed by atoms with Crippen LogP contribution in [0.1, 0.15) is 34.8 Å². The molecular formula is C30H24ClN3O4. The topological polar surface area (TPSA) is 102 Å². The maximum Gasteiger partial charge on any atom is 0.335 e. The Morgan fingerprint density at radius 1 is 0.974 bits per heavy atom. The van der Waals surface area contributed by atoms with Crippen LogP contribution in [0.5, 0.6) is 5.75 Å². The number of phenols is 1. The molecule has 8 heteroatoms. The highest BCUT2D eigenvalue weighted by molar-refractivity contribution is 6.56. The summed E-state index contributed by atoms with van der Waals surface area (Å²) in [6, 6.07) is 24.3. The number of hydrazone groups is 1. The van der Waals surface area contributed by atoms with Crippen molar-refractivity contribution >= 4 is 46.3 Å². The second kappa shape index (κ2) is 10.4. The maximum absolute atomic E-state index is 13.6. The maximum atomic E-state index is 13.6. The fourth-order valence-corrected chi connectivity index (χ4v) is 4.66. The summed E-state index contributed by atoms with van der Waals surface area (Å²) in [6.07, 6.45) is 1.99. The van der Waals surface area contributed by atoms with Gasteiger partial charge in [0.1, 0.15) is 5.75 Å². The molecule has 38 heavy (non-hydrogen) atoms. The van der Waals surface area contributed by atoms with Crippen LogP contribution in [0, 0.1) is 0 Å². The van der Waals surface area contributed by atoms with E-state index in [0.717, 1.165) is 12.8 Å². The van der Waals surface area contributed by atoms with Crippen molar-refractivity contribution < 1.29 is 19.8 Å². The Kier molecular flexibility index (Phi) is 6.85. The Morgan fingerprint density at radius 2 is 1.74 bits per heavy atom. The molecule has 1 amide bonds. The Morgan fingerprint density at radius 3 is 2.47 bits per heavy atom. The Bertz CT molecular complexity index is 1580. The molecule has 7 nitrogen and oxygen atoms in total. The molecule has 0 aliphatic carbocycles. The van der Waals surface area contributed by atoms with Crippen LogP contribution >= 0.6 is 11.6 Å². The number of phenolic OH excluding ortho intramolecular Hbond substituents is 1. The molecule has 0 saturated carbocycles.